The summed E-state index contributed by atoms with van der Waals surface area (Å²) >= 11 is 0. The molecule has 2 aromatic carbocycles. The molecule has 2 nitrogen and oxygen atoms in total. The molecule has 0 fully saturated rings. The standard InChI is InChI=1S/C20H22O2/c1-16(21)19-13-10-18(11-14-19)8-5-9-20(22)15-12-17-6-3-2-4-7-17/h2-8,10-11,13-14,20,22H,9,12,15H2,1H3/b8-5+. The molecular weight excluding hydrogens is 272 g/mol. The highest BCUT2D eigenvalue weighted by molar-refractivity contribution is 5.94. The first-order valence-corrected chi connectivity index (χ1v) is 7.64. The molecule has 22 heavy (non-hydrogen) atoms. The number of ketones is 1. The SMILES string of the molecule is CC(=O)c1ccc(/C=C/CC(O)CCc2ccccc2)cc1. The van der Waals surface area contributed by atoms with Gasteiger partial charge >= 0.3 is 0 Å². The van der Waals surface area contributed by atoms with E-state index < -0.39 is 0 Å². The number of aliphatic hydroxyl groups is 1. The van der Waals surface area contributed by atoms with Crippen LogP contribution in [0.5, 0.6) is 0 Å². The molecule has 2 rings (SSSR count). The van der Waals surface area contributed by atoms with Gasteiger partial charge in [-0.05, 0) is 37.3 Å². The van der Waals surface area contributed by atoms with E-state index in [0.29, 0.717) is 6.42 Å². The first-order valence-electron chi connectivity index (χ1n) is 7.64. The van der Waals surface area contributed by atoms with Crippen molar-refractivity contribution in [3.63, 3.8) is 0 Å². The molecular formula is C20H22O2. The van der Waals surface area contributed by atoms with Gasteiger partial charge in [0.05, 0.1) is 6.10 Å². The van der Waals surface area contributed by atoms with Gasteiger partial charge in [-0.15, -0.1) is 0 Å². The quantitative estimate of drug-likeness (QED) is 0.774. The minimum atomic E-state index is -0.326. The van der Waals surface area contributed by atoms with E-state index in [1.54, 1.807) is 6.92 Å². The van der Waals surface area contributed by atoms with Crippen LogP contribution in [-0.4, -0.2) is 17.0 Å². The second-order valence-electron chi connectivity index (χ2n) is 5.49. The fraction of sp³-hybridized carbons (Fsp3) is 0.250. The molecule has 114 valence electrons. The fourth-order valence-corrected chi connectivity index (χ4v) is 2.29. The molecule has 0 amide bonds. The van der Waals surface area contributed by atoms with Crippen LogP contribution in [0.1, 0.15) is 41.3 Å². The van der Waals surface area contributed by atoms with Crippen LogP contribution >= 0.6 is 0 Å². The lowest BCUT2D eigenvalue weighted by molar-refractivity contribution is 0.101. The average molecular weight is 294 g/mol. The van der Waals surface area contributed by atoms with Crippen LogP contribution in [0.2, 0.25) is 0 Å². The third kappa shape index (κ3) is 5.30. The number of benzene rings is 2. The molecule has 0 radical (unpaired) electrons. The van der Waals surface area contributed by atoms with Gasteiger partial charge in [0.15, 0.2) is 5.78 Å². The number of Topliss-reactive ketones (excluding diaryl/α,β-unsaturated/α-hetero) is 1. The number of aryl methyl sites for hydroxylation is 1. The second-order valence-corrected chi connectivity index (χ2v) is 5.49. The zero-order valence-corrected chi connectivity index (χ0v) is 12.9. The lowest BCUT2D eigenvalue weighted by Gasteiger charge is -2.07. The summed E-state index contributed by atoms with van der Waals surface area (Å²) in [6.07, 6.45) is 5.93. The molecule has 2 aromatic rings. The highest BCUT2D eigenvalue weighted by Gasteiger charge is 2.02. The summed E-state index contributed by atoms with van der Waals surface area (Å²) in [7, 11) is 0. The van der Waals surface area contributed by atoms with Crippen molar-refractivity contribution < 1.29 is 9.90 Å². The topological polar surface area (TPSA) is 37.3 Å². The molecule has 0 aliphatic rings. The number of hydrogen-bond acceptors (Lipinski definition) is 2. The van der Waals surface area contributed by atoms with E-state index in [-0.39, 0.29) is 11.9 Å². The second kappa shape index (κ2) is 8.30. The van der Waals surface area contributed by atoms with E-state index in [9.17, 15) is 9.90 Å². The number of rotatable bonds is 7. The van der Waals surface area contributed by atoms with Crippen LogP contribution in [0.15, 0.2) is 60.7 Å². The van der Waals surface area contributed by atoms with Crippen molar-refractivity contribution in [1.82, 2.24) is 0 Å². The van der Waals surface area contributed by atoms with Gasteiger partial charge in [-0.1, -0.05) is 66.7 Å². The maximum absolute atomic E-state index is 11.2. The Kier molecular flexibility index (Phi) is 6.11. The molecule has 1 atom stereocenters. The fourth-order valence-electron chi connectivity index (χ4n) is 2.29. The van der Waals surface area contributed by atoms with Crippen LogP contribution in [0, 0.1) is 0 Å². The zero-order chi connectivity index (χ0) is 15.8. The molecule has 0 spiro atoms. The Balaban J connectivity index is 1.77. The minimum Gasteiger partial charge on any atom is -0.393 e. The summed E-state index contributed by atoms with van der Waals surface area (Å²) in [6, 6.07) is 17.7. The normalized spacial score (nSPS) is 12.5. The number of carbonyl (C=O) groups is 1. The van der Waals surface area contributed by atoms with Crippen LogP contribution in [-0.2, 0) is 6.42 Å². The maximum atomic E-state index is 11.2. The van der Waals surface area contributed by atoms with E-state index in [1.807, 2.05) is 54.6 Å². The summed E-state index contributed by atoms with van der Waals surface area (Å²) in [4.78, 5) is 11.2. The Morgan fingerprint density at radius 3 is 2.41 bits per heavy atom. The van der Waals surface area contributed by atoms with Crippen molar-refractivity contribution in [3.05, 3.63) is 77.4 Å². The van der Waals surface area contributed by atoms with Gasteiger partial charge in [-0.3, -0.25) is 4.79 Å². The molecule has 0 heterocycles. The number of carbonyl (C=O) groups excluding carboxylic acids is 1. The molecule has 0 bridgehead atoms. The zero-order valence-electron chi connectivity index (χ0n) is 12.9. The van der Waals surface area contributed by atoms with Gasteiger partial charge in [0.2, 0.25) is 0 Å². The predicted octanol–water partition coefficient (Wildman–Crippen LogP) is 4.29. The third-order valence-electron chi connectivity index (χ3n) is 3.64. The lowest BCUT2D eigenvalue weighted by atomic mass is 10.0. The van der Waals surface area contributed by atoms with E-state index in [1.165, 1.54) is 5.56 Å². The van der Waals surface area contributed by atoms with E-state index in [2.05, 4.69) is 12.1 Å². The number of aliphatic hydroxyl groups excluding tert-OH is 1. The highest BCUT2D eigenvalue weighted by Crippen LogP contribution is 2.10. The van der Waals surface area contributed by atoms with E-state index in [0.717, 1.165) is 24.0 Å². The van der Waals surface area contributed by atoms with Crippen molar-refractivity contribution >= 4 is 11.9 Å². The Labute approximate surface area is 132 Å². The Hall–Kier alpha value is -2.19. The smallest absolute Gasteiger partial charge is 0.159 e. The first-order chi connectivity index (χ1) is 10.6. The molecule has 0 aromatic heterocycles. The minimum absolute atomic E-state index is 0.0758. The summed E-state index contributed by atoms with van der Waals surface area (Å²) in [6.45, 7) is 1.56. The lowest BCUT2D eigenvalue weighted by Crippen LogP contribution is -2.06. The van der Waals surface area contributed by atoms with Gasteiger partial charge < -0.3 is 5.11 Å². The predicted molar refractivity (Wildman–Crippen MR) is 90.9 cm³/mol. The first kappa shape index (κ1) is 16.2. The molecule has 2 heteroatoms. The average Bonchev–Trinajstić information content (AvgIpc) is 2.54. The molecule has 1 unspecified atom stereocenters. The van der Waals surface area contributed by atoms with E-state index >= 15 is 0 Å². The van der Waals surface area contributed by atoms with Crippen LogP contribution in [0.3, 0.4) is 0 Å². The molecule has 1 N–H and O–H groups in total. The van der Waals surface area contributed by atoms with Gasteiger partial charge in [-0.2, -0.15) is 0 Å². The van der Waals surface area contributed by atoms with Crippen molar-refractivity contribution in [1.29, 1.82) is 0 Å². The summed E-state index contributed by atoms with van der Waals surface area (Å²) in [5.74, 6) is 0.0758. The van der Waals surface area contributed by atoms with Crippen LogP contribution in [0.25, 0.3) is 6.08 Å². The number of hydrogen-bond donors (Lipinski definition) is 1. The van der Waals surface area contributed by atoms with Crippen LogP contribution in [0.4, 0.5) is 0 Å². The maximum Gasteiger partial charge on any atom is 0.159 e. The Bertz CT molecular complexity index is 612. The molecule has 0 saturated carbocycles. The van der Waals surface area contributed by atoms with Crippen molar-refractivity contribution in [2.45, 2.75) is 32.3 Å². The van der Waals surface area contributed by atoms with Gasteiger partial charge in [0, 0.05) is 5.56 Å². The van der Waals surface area contributed by atoms with Gasteiger partial charge in [0.1, 0.15) is 0 Å². The molecule has 0 aliphatic heterocycles. The van der Waals surface area contributed by atoms with Crippen LogP contribution < -0.4 is 0 Å². The van der Waals surface area contributed by atoms with Gasteiger partial charge in [-0.25, -0.2) is 0 Å². The van der Waals surface area contributed by atoms with Gasteiger partial charge in [0.25, 0.3) is 0 Å². The van der Waals surface area contributed by atoms with Crippen molar-refractivity contribution in [2.75, 3.05) is 0 Å². The third-order valence-corrected chi connectivity index (χ3v) is 3.64. The van der Waals surface area contributed by atoms with Crippen molar-refractivity contribution in [3.8, 4) is 0 Å². The molecule has 0 aliphatic carbocycles. The summed E-state index contributed by atoms with van der Waals surface area (Å²) < 4.78 is 0. The Morgan fingerprint density at radius 1 is 1.09 bits per heavy atom. The summed E-state index contributed by atoms with van der Waals surface area (Å²) in [5, 5.41) is 10.0. The molecule has 0 saturated heterocycles. The Morgan fingerprint density at radius 2 is 1.77 bits per heavy atom. The highest BCUT2D eigenvalue weighted by atomic mass is 16.3. The monoisotopic (exact) mass is 294 g/mol. The van der Waals surface area contributed by atoms with E-state index in [4.69, 9.17) is 0 Å². The van der Waals surface area contributed by atoms with Crippen molar-refractivity contribution in [2.24, 2.45) is 0 Å². The largest absolute Gasteiger partial charge is 0.393 e. The summed E-state index contributed by atoms with van der Waals surface area (Å²) in [5.41, 5.74) is 3.02.